The molecule has 1 fully saturated rings. The lowest BCUT2D eigenvalue weighted by molar-refractivity contribution is -0.145. The topological polar surface area (TPSA) is 84.1 Å². The molecule has 0 bridgehead atoms. The van der Waals surface area contributed by atoms with Crippen LogP contribution < -0.4 is 5.32 Å². The minimum Gasteiger partial charge on any atom is -0.467 e. The van der Waals surface area contributed by atoms with Crippen molar-refractivity contribution in [2.45, 2.75) is 37.0 Å². The molecule has 0 aliphatic carbocycles. The van der Waals surface area contributed by atoms with Crippen molar-refractivity contribution in [2.75, 3.05) is 12.9 Å². The lowest BCUT2D eigenvalue weighted by atomic mass is 10.0. The fourth-order valence-electron chi connectivity index (χ4n) is 2.22. The maximum Gasteiger partial charge on any atom is 0.328 e. The standard InChI is InChI=1S/C13H19N3O3S/c1-13(4-3-5-20-13)12(18)16-10(11(17)19-2)6-9-7-14-8-15-9/h7-8,10H,3-6H2,1-2H3,(H,14,15)(H,16,18)/t10-,13?/m0/s1. The number of ether oxygens (including phenoxy) is 1. The van der Waals surface area contributed by atoms with Crippen LogP contribution in [0.15, 0.2) is 12.5 Å². The third kappa shape index (κ3) is 3.33. The van der Waals surface area contributed by atoms with Gasteiger partial charge in [0.05, 0.1) is 18.2 Å². The Kier molecular flexibility index (Phi) is 4.69. The summed E-state index contributed by atoms with van der Waals surface area (Å²) < 4.78 is 4.32. The number of aromatic amines is 1. The average Bonchev–Trinajstić information content (AvgIpc) is 3.09. The first-order chi connectivity index (χ1) is 9.55. The lowest BCUT2D eigenvalue weighted by Gasteiger charge is -2.24. The van der Waals surface area contributed by atoms with Crippen LogP contribution in [0.25, 0.3) is 0 Å². The number of carbonyl (C=O) groups is 2. The number of hydrogen-bond donors (Lipinski definition) is 2. The van der Waals surface area contributed by atoms with E-state index in [0.717, 1.165) is 24.3 Å². The molecule has 2 heterocycles. The normalized spacial score (nSPS) is 23.3. The number of thioether (sulfide) groups is 1. The molecule has 1 unspecified atom stereocenters. The van der Waals surface area contributed by atoms with Crippen molar-refractivity contribution in [1.29, 1.82) is 0 Å². The summed E-state index contributed by atoms with van der Waals surface area (Å²) in [5.74, 6) is 0.433. The van der Waals surface area contributed by atoms with Gasteiger partial charge in [0.25, 0.3) is 0 Å². The number of imidazole rings is 1. The summed E-state index contributed by atoms with van der Waals surface area (Å²) in [6, 6.07) is -0.689. The van der Waals surface area contributed by atoms with Crippen molar-refractivity contribution in [2.24, 2.45) is 0 Å². The van der Waals surface area contributed by atoms with Crippen molar-refractivity contribution < 1.29 is 14.3 Å². The zero-order chi connectivity index (χ0) is 14.6. The lowest BCUT2D eigenvalue weighted by Crippen LogP contribution is -2.50. The zero-order valence-electron chi connectivity index (χ0n) is 11.6. The van der Waals surface area contributed by atoms with Crippen molar-refractivity contribution in [1.82, 2.24) is 15.3 Å². The Balaban J connectivity index is 2.03. The number of H-pyrrole nitrogens is 1. The predicted octanol–water partition coefficient (Wildman–Crippen LogP) is 0.896. The van der Waals surface area contributed by atoms with Crippen LogP contribution in [-0.2, 0) is 20.7 Å². The highest BCUT2D eigenvalue weighted by atomic mass is 32.2. The average molecular weight is 297 g/mol. The van der Waals surface area contributed by atoms with Gasteiger partial charge in [0, 0.05) is 18.3 Å². The molecule has 2 rings (SSSR count). The maximum absolute atomic E-state index is 12.4. The monoisotopic (exact) mass is 297 g/mol. The third-order valence-corrected chi connectivity index (χ3v) is 4.99. The Labute approximate surface area is 122 Å². The second kappa shape index (κ2) is 6.30. The summed E-state index contributed by atoms with van der Waals surface area (Å²) in [6.07, 6.45) is 5.38. The molecular formula is C13H19N3O3S. The van der Waals surface area contributed by atoms with Gasteiger partial charge >= 0.3 is 5.97 Å². The van der Waals surface area contributed by atoms with E-state index in [4.69, 9.17) is 4.74 Å². The quantitative estimate of drug-likeness (QED) is 0.789. The van der Waals surface area contributed by atoms with Crippen molar-refractivity contribution in [3.05, 3.63) is 18.2 Å². The second-order valence-electron chi connectivity index (χ2n) is 5.01. The number of esters is 1. The van der Waals surface area contributed by atoms with E-state index in [0.29, 0.717) is 6.42 Å². The first kappa shape index (κ1) is 14.9. The Morgan fingerprint density at radius 3 is 3.00 bits per heavy atom. The van der Waals surface area contributed by atoms with E-state index in [1.165, 1.54) is 7.11 Å². The van der Waals surface area contributed by atoms with Gasteiger partial charge in [-0.1, -0.05) is 0 Å². The number of nitrogens with one attached hydrogen (secondary N) is 2. The summed E-state index contributed by atoms with van der Waals surface area (Å²) in [6.45, 7) is 1.92. The number of hydrogen-bond acceptors (Lipinski definition) is 5. The largest absolute Gasteiger partial charge is 0.467 e. The highest BCUT2D eigenvalue weighted by Crippen LogP contribution is 2.37. The molecule has 7 heteroatoms. The van der Waals surface area contributed by atoms with Gasteiger partial charge in [0.2, 0.25) is 5.91 Å². The molecular weight excluding hydrogens is 278 g/mol. The van der Waals surface area contributed by atoms with Gasteiger partial charge in [0.1, 0.15) is 6.04 Å². The minimum absolute atomic E-state index is 0.102. The Morgan fingerprint density at radius 2 is 2.45 bits per heavy atom. The van der Waals surface area contributed by atoms with Crippen molar-refractivity contribution in [3.63, 3.8) is 0 Å². The highest BCUT2D eigenvalue weighted by molar-refractivity contribution is 8.01. The molecule has 1 amide bonds. The summed E-state index contributed by atoms with van der Waals surface area (Å²) >= 11 is 1.64. The van der Waals surface area contributed by atoms with Gasteiger partial charge in [-0.15, -0.1) is 11.8 Å². The van der Waals surface area contributed by atoms with Crippen LogP contribution in [0, 0.1) is 0 Å². The molecule has 0 aromatic carbocycles. The molecule has 1 aromatic heterocycles. The van der Waals surface area contributed by atoms with Crippen LogP contribution in [0.1, 0.15) is 25.5 Å². The third-order valence-electron chi connectivity index (χ3n) is 3.47. The molecule has 0 spiro atoms. The van der Waals surface area contributed by atoms with E-state index >= 15 is 0 Å². The number of nitrogens with zero attached hydrogens (tertiary/aromatic N) is 1. The Hall–Kier alpha value is -1.50. The van der Waals surface area contributed by atoms with Crippen LogP contribution >= 0.6 is 11.8 Å². The zero-order valence-corrected chi connectivity index (χ0v) is 12.5. The predicted molar refractivity (Wildman–Crippen MR) is 76.3 cm³/mol. The van der Waals surface area contributed by atoms with Crippen LogP contribution in [0.2, 0.25) is 0 Å². The van der Waals surface area contributed by atoms with Crippen molar-refractivity contribution in [3.8, 4) is 0 Å². The smallest absolute Gasteiger partial charge is 0.328 e. The second-order valence-corrected chi connectivity index (χ2v) is 6.61. The van der Waals surface area contributed by atoms with E-state index in [2.05, 4.69) is 15.3 Å². The number of rotatable bonds is 5. The summed E-state index contributed by atoms with van der Waals surface area (Å²) in [5, 5.41) is 2.81. The highest BCUT2D eigenvalue weighted by Gasteiger charge is 2.39. The van der Waals surface area contributed by atoms with Gasteiger partial charge in [-0.2, -0.15) is 0 Å². The molecule has 0 radical (unpaired) electrons. The van der Waals surface area contributed by atoms with Crippen LogP contribution in [0.3, 0.4) is 0 Å². The van der Waals surface area contributed by atoms with Gasteiger partial charge < -0.3 is 15.0 Å². The minimum atomic E-state index is -0.689. The first-order valence-corrected chi connectivity index (χ1v) is 7.54. The number of aromatic nitrogens is 2. The molecule has 1 saturated heterocycles. The van der Waals surface area contributed by atoms with E-state index < -0.39 is 16.8 Å². The fraction of sp³-hybridized carbons (Fsp3) is 0.615. The van der Waals surface area contributed by atoms with E-state index in [1.807, 2.05) is 6.92 Å². The molecule has 1 aromatic rings. The number of amides is 1. The Bertz CT molecular complexity index is 469. The molecule has 1 aliphatic rings. The molecule has 2 N–H and O–H groups in total. The van der Waals surface area contributed by atoms with Gasteiger partial charge in [0.15, 0.2) is 0 Å². The van der Waals surface area contributed by atoms with Crippen molar-refractivity contribution >= 4 is 23.6 Å². The molecule has 0 saturated carbocycles. The van der Waals surface area contributed by atoms with Crippen LogP contribution in [0.5, 0.6) is 0 Å². The molecule has 2 atom stereocenters. The SMILES string of the molecule is COC(=O)[C@H](Cc1cnc[nH]1)NC(=O)C1(C)CCCS1. The Morgan fingerprint density at radius 1 is 1.65 bits per heavy atom. The summed E-state index contributed by atoms with van der Waals surface area (Å²) in [7, 11) is 1.32. The number of methoxy groups -OCH3 is 1. The molecule has 1 aliphatic heterocycles. The number of carbonyl (C=O) groups excluding carboxylic acids is 2. The van der Waals surface area contributed by atoms with E-state index in [1.54, 1.807) is 24.3 Å². The summed E-state index contributed by atoms with van der Waals surface area (Å²) in [4.78, 5) is 31.0. The summed E-state index contributed by atoms with van der Waals surface area (Å²) in [5.41, 5.74) is 0.782. The fourth-order valence-corrected chi connectivity index (χ4v) is 3.44. The van der Waals surface area contributed by atoms with E-state index in [9.17, 15) is 9.59 Å². The first-order valence-electron chi connectivity index (χ1n) is 6.55. The van der Waals surface area contributed by atoms with Gasteiger partial charge in [-0.05, 0) is 25.5 Å². The van der Waals surface area contributed by atoms with Crippen LogP contribution in [0.4, 0.5) is 0 Å². The maximum atomic E-state index is 12.4. The molecule has 110 valence electrons. The van der Waals surface area contributed by atoms with Crippen LogP contribution in [-0.4, -0.2) is 45.5 Å². The van der Waals surface area contributed by atoms with Gasteiger partial charge in [-0.25, -0.2) is 9.78 Å². The van der Waals surface area contributed by atoms with E-state index in [-0.39, 0.29) is 5.91 Å². The molecule has 6 nitrogen and oxygen atoms in total. The van der Waals surface area contributed by atoms with Gasteiger partial charge in [-0.3, -0.25) is 4.79 Å². The molecule has 20 heavy (non-hydrogen) atoms.